The summed E-state index contributed by atoms with van der Waals surface area (Å²) < 4.78 is 2.40. The fourth-order valence-electron chi connectivity index (χ4n) is 3.48. The molecule has 0 aromatic carbocycles. The summed E-state index contributed by atoms with van der Waals surface area (Å²) in [4.78, 5) is 0. The number of aryl methyl sites for hydroxylation is 1. The molecule has 0 saturated heterocycles. The van der Waals surface area contributed by atoms with Crippen LogP contribution in [0.25, 0.3) is 0 Å². The monoisotopic (exact) mass is 248 g/mol. The first-order valence-electron chi connectivity index (χ1n) is 7.34. The highest BCUT2D eigenvalue weighted by Gasteiger charge is 2.33. The van der Waals surface area contributed by atoms with Crippen LogP contribution in [0.2, 0.25) is 0 Å². The van der Waals surface area contributed by atoms with Crippen molar-refractivity contribution in [2.24, 2.45) is 5.41 Å². The average Bonchev–Trinajstić information content (AvgIpc) is 2.76. The van der Waals surface area contributed by atoms with Crippen molar-refractivity contribution in [2.45, 2.75) is 73.0 Å². The molecule has 0 spiro atoms. The van der Waals surface area contributed by atoms with E-state index in [2.05, 4.69) is 50.6 Å². The third-order valence-corrected chi connectivity index (χ3v) is 4.79. The van der Waals surface area contributed by atoms with Crippen molar-refractivity contribution in [1.82, 2.24) is 9.88 Å². The maximum atomic E-state index is 3.78. The molecule has 0 bridgehead atoms. The Morgan fingerprint density at radius 2 is 2.11 bits per heavy atom. The summed E-state index contributed by atoms with van der Waals surface area (Å²) in [5, 5.41) is 3.78. The first kappa shape index (κ1) is 13.7. The molecule has 0 aliphatic heterocycles. The van der Waals surface area contributed by atoms with Crippen LogP contribution >= 0.6 is 0 Å². The van der Waals surface area contributed by atoms with E-state index in [-0.39, 0.29) is 0 Å². The van der Waals surface area contributed by atoms with Crippen molar-refractivity contribution in [3.63, 3.8) is 0 Å². The molecule has 18 heavy (non-hydrogen) atoms. The lowest BCUT2D eigenvalue weighted by atomic mass is 9.87. The molecule has 1 aromatic rings. The van der Waals surface area contributed by atoms with Crippen molar-refractivity contribution in [3.8, 4) is 0 Å². The molecule has 2 nitrogen and oxygen atoms in total. The molecule has 1 N–H and O–H groups in total. The van der Waals surface area contributed by atoms with Gasteiger partial charge in [0.25, 0.3) is 0 Å². The summed E-state index contributed by atoms with van der Waals surface area (Å²) in [6.45, 7) is 13.6. The second kappa shape index (κ2) is 5.08. The minimum Gasteiger partial charge on any atom is -0.349 e. The highest BCUT2D eigenvalue weighted by atomic mass is 15.0. The van der Waals surface area contributed by atoms with E-state index in [1.54, 1.807) is 0 Å². The van der Waals surface area contributed by atoms with Crippen LogP contribution in [0.3, 0.4) is 0 Å². The van der Waals surface area contributed by atoms with E-state index in [0.717, 1.165) is 13.1 Å². The third-order valence-electron chi connectivity index (χ3n) is 4.79. The van der Waals surface area contributed by atoms with Crippen LogP contribution in [0.4, 0.5) is 0 Å². The topological polar surface area (TPSA) is 17.0 Å². The summed E-state index contributed by atoms with van der Waals surface area (Å²) in [5.41, 5.74) is 4.75. The van der Waals surface area contributed by atoms with Gasteiger partial charge in [0.2, 0.25) is 0 Å². The molecule has 2 rings (SSSR count). The smallest absolute Gasteiger partial charge is 0.0226 e. The lowest BCUT2D eigenvalue weighted by molar-refractivity contribution is 0.282. The molecule has 0 amide bonds. The first-order chi connectivity index (χ1) is 8.45. The molecule has 1 saturated carbocycles. The molecule has 1 aliphatic rings. The van der Waals surface area contributed by atoms with E-state index in [1.165, 1.54) is 36.2 Å². The summed E-state index contributed by atoms with van der Waals surface area (Å²) >= 11 is 0. The quantitative estimate of drug-likeness (QED) is 0.857. The molecular formula is C16H28N2. The number of nitrogens with one attached hydrogen (secondary N) is 1. The normalized spacial score (nSPS) is 22.6. The van der Waals surface area contributed by atoms with E-state index < -0.39 is 0 Å². The SMILES string of the molecule is CCn1c(C)cc(CNC2CCCC2(C)C)c1C. The number of rotatable bonds is 4. The maximum absolute atomic E-state index is 3.78. The van der Waals surface area contributed by atoms with E-state index in [0.29, 0.717) is 11.5 Å². The minimum absolute atomic E-state index is 0.469. The number of hydrogen-bond acceptors (Lipinski definition) is 1. The molecule has 1 unspecified atom stereocenters. The standard InChI is InChI=1S/C16H28N2/c1-6-18-12(2)10-14(13(18)3)11-17-15-8-7-9-16(15,4)5/h10,15,17H,6-9,11H2,1-5H3. The van der Waals surface area contributed by atoms with Crippen molar-refractivity contribution >= 4 is 0 Å². The Labute approximate surface area is 112 Å². The van der Waals surface area contributed by atoms with Gasteiger partial charge in [-0.3, -0.25) is 0 Å². The highest BCUT2D eigenvalue weighted by molar-refractivity contribution is 5.26. The molecule has 0 radical (unpaired) electrons. The molecular weight excluding hydrogens is 220 g/mol. The van der Waals surface area contributed by atoms with Gasteiger partial charge in [0, 0.05) is 30.5 Å². The summed E-state index contributed by atoms with van der Waals surface area (Å²) in [5.74, 6) is 0. The molecule has 1 aliphatic carbocycles. The van der Waals surface area contributed by atoms with Gasteiger partial charge < -0.3 is 9.88 Å². The van der Waals surface area contributed by atoms with Crippen LogP contribution in [0.15, 0.2) is 6.07 Å². The molecule has 1 fully saturated rings. The van der Waals surface area contributed by atoms with Gasteiger partial charge in [-0.05, 0) is 50.7 Å². The van der Waals surface area contributed by atoms with Crippen molar-refractivity contribution < 1.29 is 0 Å². The number of nitrogens with zero attached hydrogens (tertiary/aromatic N) is 1. The van der Waals surface area contributed by atoms with Gasteiger partial charge in [0.05, 0.1) is 0 Å². The third kappa shape index (κ3) is 2.49. The summed E-state index contributed by atoms with van der Waals surface area (Å²) in [6.07, 6.45) is 4.07. The highest BCUT2D eigenvalue weighted by Crippen LogP contribution is 2.37. The van der Waals surface area contributed by atoms with Crippen LogP contribution < -0.4 is 5.32 Å². The van der Waals surface area contributed by atoms with E-state index in [1.807, 2.05) is 0 Å². The van der Waals surface area contributed by atoms with Crippen LogP contribution in [0, 0.1) is 19.3 Å². The van der Waals surface area contributed by atoms with Crippen LogP contribution in [0.5, 0.6) is 0 Å². The number of aromatic nitrogens is 1. The predicted molar refractivity (Wildman–Crippen MR) is 77.8 cm³/mol. The van der Waals surface area contributed by atoms with Gasteiger partial charge in [0.15, 0.2) is 0 Å². The second-order valence-electron chi connectivity index (χ2n) is 6.45. The van der Waals surface area contributed by atoms with E-state index >= 15 is 0 Å². The van der Waals surface area contributed by atoms with Crippen molar-refractivity contribution in [1.29, 1.82) is 0 Å². The van der Waals surface area contributed by atoms with Gasteiger partial charge in [-0.1, -0.05) is 20.3 Å². The van der Waals surface area contributed by atoms with Gasteiger partial charge >= 0.3 is 0 Å². The summed E-state index contributed by atoms with van der Waals surface area (Å²) in [7, 11) is 0. The lowest BCUT2D eigenvalue weighted by Gasteiger charge is -2.28. The Kier molecular flexibility index (Phi) is 3.86. The Morgan fingerprint density at radius 3 is 2.61 bits per heavy atom. The van der Waals surface area contributed by atoms with Gasteiger partial charge in [-0.2, -0.15) is 0 Å². The zero-order valence-electron chi connectivity index (χ0n) is 12.6. The van der Waals surface area contributed by atoms with Gasteiger partial charge in [-0.25, -0.2) is 0 Å². The van der Waals surface area contributed by atoms with Gasteiger partial charge in [-0.15, -0.1) is 0 Å². The minimum atomic E-state index is 0.469. The summed E-state index contributed by atoms with van der Waals surface area (Å²) in [6, 6.07) is 3.02. The van der Waals surface area contributed by atoms with Crippen LogP contribution in [-0.2, 0) is 13.1 Å². The lowest BCUT2D eigenvalue weighted by Crippen LogP contribution is -2.37. The average molecular weight is 248 g/mol. The Hall–Kier alpha value is -0.760. The predicted octanol–water partition coefficient (Wildman–Crippen LogP) is 3.79. The fourth-order valence-corrected chi connectivity index (χ4v) is 3.48. The Balaban J connectivity index is 2.03. The molecule has 2 heteroatoms. The van der Waals surface area contributed by atoms with Crippen molar-refractivity contribution in [3.05, 3.63) is 23.0 Å². The van der Waals surface area contributed by atoms with Crippen LogP contribution in [0.1, 0.15) is 57.0 Å². The fraction of sp³-hybridized carbons (Fsp3) is 0.750. The van der Waals surface area contributed by atoms with Crippen molar-refractivity contribution in [2.75, 3.05) is 0 Å². The first-order valence-corrected chi connectivity index (χ1v) is 7.34. The zero-order valence-corrected chi connectivity index (χ0v) is 12.6. The maximum Gasteiger partial charge on any atom is 0.0226 e. The molecule has 1 atom stereocenters. The Bertz CT molecular complexity index is 415. The molecule has 1 aromatic heterocycles. The number of hydrogen-bond donors (Lipinski definition) is 1. The van der Waals surface area contributed by atoms with E-state index in [4.69, 9.17) is 0 Å². The molecule has 102 valence electrons. The zero-order chi connectivity index (χ0) is 13.3. The second-order valence-corrected chi connectivity index (χ2v) is 6.45. The van der Waals surface area contributed by atoms with E-state index in [9.17, 15) is 0 Å². The van der Waals surface area contributed by atoms with Gasteiger partial charge in [0.1, 0.15) is 0 Å². The Morgan fingerprint density at radius 1 is 1.39 bits per heavy atom. The molecule has 1 heterocycles. The van der Waals surface area contributed by atoms with Crippen LogP contribution in [-0.4, -0.2) is 10.6 Å². The largest absolute Gasteiger partial charge is 0.349 e.